The van der Waals surface area contributed by atoms with Gasteiger partial charge in [-0.3, -0.25) is 15.5 Å². The van der Waals surface area contributed by atoms with Gasteiger partial charge in [0.15, 0.2) is 17.0 Å². The Morgan fingerprint density at radius 1 is 1.31 bits per heavy atom. The molecule has 2 aromatic carbocycles. The second-order valence-electron chi connectivity index (χ2n) is 5.19. The highest BCUT2D eigenvalue weighted by atomic mass is 16.6. The van der Waals surface area contributed by atoms with Gasteiger partial charge in [-0.1, -0.05) is 24.3 Å². The number of fused-ring (bicyclic) bond motifs is 1. The third-order valence-corrected chi connectivity index (χ3v) is 3.47. The molecule has 0 amide bonds. The molecule has 3 aromatic rings. The first-order chi connectivity index (χ1) is 12.5. The Hall–Kier alpha value is -4.08. The lowest BCUT2D eigenvalue weighted by atomic mass is 10.2. The fourth-order valence-electron chi connectivity index (χ4n) is 2.23. The van der Waals surface area contributed by atoms with E-state index in [-0.39, 0.29) is 22.7 Å². The van der Waals surface area contributed by atoms with Crippen LogP contribution in [-0.4, -0.2) is 31.9 Å². The highest BCUT2D eigenvalue weighted by Crippen LogP contribution is 2.11. The first-order valence-corrected chi connectivity index (χ1v) is 7.34. The molecule has 10 heteroatoms. The van der Waals surface area contributed by atoms with Crippen LogP contribution in [0.1, 0.15) is 11.3 Å². The van der Waals surface area contributed by atoms with E-state index < -0.39 is 4.92 Å². The third-order valence-electron chi connectivity index (χ3n) is 3.47. The summed E-state index contributed by atoms with van der Waals surface area (Å²) in [6, 6.07) is 12.5. The van der Waals surface area contributed by atoms with Crippen molar-refractivity contribution in [3.8, 4) is 0 Å². The summed E-state index contributed by atoms with van der Waals surface area (Å²) in [6.07, 6.45) is 1.29. The summed E-state index contributed by atoms with van der Waals surface area (Å²) in [5, 5.41) is 36.3. The molecule has 0 spiro atoms. The zero-order valence-corrected chi connectivity index (χ0v) is 13.3. The van der Waals surface area contributed by atoms with Gasteiger partial charge in [-0.25, -0.2) is 4.98 Å². The van der Waals surface area contributed by atoms with Crippen LogP contribution in [0.4, 0.5) is 5.69 Å². The SMILES string of the molecule is N=c1c(/C(N)=N/N=C/c2cccc([N+](=O)[O-])c2)nc2ccccc2n1O. The van der Waals surface area contributed by atoms with Gasteiger partial charge in [-0.15, -0.1) is 5.10 Å². The van der Waals surface area contributed by atoms with Crippen LogP contribution in [0.25, 0.3) is 11.0 Å². The number of rotatable bonds is 4. The minimum absolute atomic E-state index is 0.0395. The van der Waals surface area contributed by atoms with Gasteiger partial charge in [0.2, 0.25) is 0 Å². The quantitative estimate of drug-likeness (QED) is 0.213. The van der Waals surface area contributed by atoms with E-state index >= 15 is 0 Å². The van der Waals surface area contributed by atoms with Crippen LogP contribution in [0.3, 0.4) is 0 Å². The summed E-state index contributed by atoms with van der Waals surface area (Å²) in [4.78, 5) is 14.5. The van der Waals surface area contributed by atoms with Gasteiger partial charge in [0.1, 0.15) is 5.52 Å². The van der Waals surface area contributed by atoms with Crippen LogP contribution in [0.2, 0.25) is 0 Å². The molecule has 0 saturated carbocycles. The number of nitro groups is 1. The molecule has 1 heterocycles. The number of non-ortho nitro benzene ring substituents is 1. The highest BCUT2D eigenvalue weighted by Gasteiger charge is 2.10. The lowest BCUT2D eigenvalue weighted by Gasteiger charge is -2.06. The fourth-order valence-corrected chi connectivity index (χ4v) is 2.23. The Balaban J connectivity index is 1.94. The molecule has 0 bridgehead atoms. The van der Waals surface area contributed by atoms with Crippen molar-refractivity contribution >= 4 is 28.8 Å². The van der Waals surface area contributed by atoms with Crippen LogP contribution in [-0.2, 0) is 0 Å². The van der Waals surface area contributed by atoms with Gasteiger partial charge >= 0.3 is 0 Å². The maximum Gasteiger partial charge on any atom is 0.270 e. The lowest BCUT2D eigenvalue weighted by molar-refractivity contribution is -0.384. The van der Waals surface area contributed by atoms with E-state index in [9.17, 15) is 15.3 Å². The molecule has 0 fully saturated rings. The van der Waals surface area contributed by atoms with Gasteiger partial charge in [0.25, 0.3) is 5.69 Å². The number of nitro benzene ring substituents is 1. The predicted molar refractivity (Wildman–Crippen MR) is 94.2 cm³/mol. The molecule has 0 atom stereocenters. The van der Waals surface area contributed by atoms with Gasteiger partial charge < -0.3 is 10.9 Å². The molecular formula is C16H13N7O3. The molecule has 0 radical (unpaired) electrons. The van der Waals surface area contributed by atoms with Gasteiger partial charge in [-0.2, -0.15) is 9.83 Å². The number of nitrogens with one attached hydrogen (secondary N) is 1. The molecule has 130 valence electrons. The van der Waals surface area contributed by atoms with E-state index in [2.05, 4.69) is 15.2 Å². The molecule has 3 rings (SSSR count). The van der Waals surface area contributed by atoms with Crippen molar-refractivity contribution in [1.82, 2.24) is 9.71 Å². The number of amidine groups is 1. The van der Waals surface area contributed by atoms with E-state index in [1.54, 1.807) is 30.3 Å². The van der Waals surface area contributed by atoms with Crippen LogP contribution in [0.5, 0.6) is 0 Å². The van der Waals surface area contributed by atoms with E-state index in [1.807, 2.05) is 0 Å². The smallest absolute Gasteiger partial charge is 0.270 e. The van der Waals surface area contributed by atoms with E-state index in [1.165, 1.54) is 24.4 Å². The first-order valence-electron chi connectivity index (χ1n) is 7.34. The second-order valence-corrected chi connectivity index (χ2v) is 5.19. The fraction of sp³-hybridized carbons (Fsp3) is 0. The van der Waals surface area contributed by atoms with Crippen LogP contribution >= 0.6 is 0 Å². The number of benzene rings is 2. The number of hydrogen-bond donors (Lipinski definition) is 3. The van der Waals surface area contributed by atoms with Crippen LogP contribution in [0.15, 0.2) is 58.7 Å². The number of nitrogens with zero attached hydrogens (tertiary/aromatic N) is 5. The number of para-hydroxylation sites is 2. The minimum atomic E-state index is -0.514. The van der Waals surface area contributed by atoms with E-state index in [4.69, 9.17) is 11.1 Å². The first kappa shape index (κ1) is 16.8. The largest absolute Gasteiger partial charge is 0.426 e. The Morgan fingerprint density at radius 3 is 2.85 bits per heavy atom. The second kappa shape index (κ2) is 6.81. The summed E-state index contributed by atoms with van der Waals surface area (Å²) >= 11 is 0. The molecule has 1 aromatic heterocycles. The zero-order valence-electron chi connectivity index (χ0n) is 13.3. The third kappa shape index (κ3) is 3.24. The summed E-state index contributed by atoms with van der Waals surface area (Å²) in [7, 11) is 0. The average Bonchev–Trinajstić information content (AvgIpc) is 2.64. The molecule has 0 aliphatic carbocycles. The van der Waals surface area contributed by atoms with E-state index in [0.29, 0.717) is 21.3 Å². The summed E-state index contributed by atoms with van der Waals surface area (Å²) in [5.41, 5.74) is 6.62. The highest BCUT2D eigenvalue weighted by molar-refractivity contribution is 5.97. The molecule has 0 aliphatic rings. The van der Waals surface area contributed by atoms with Crippen LogP contribution < -0.4 is 11.2 Å². The van der Waals surface area contributed by atoms with Crippen molar-refractivity contribution in [3.63, 3.8) is 0 Å². The lowest BCUT2D eigenvalue weighted by Crippen LogP contribution is -2.31. The Labute approximate surface area is 146 Å². The molecule has 10 nitrogen and oxygen atoms in total. The Morgan fingerprint density at radius 2 is 2.08 bits per heavy atom. The molecule has 0 unspecified atom stereocenters. The molecule has 0 saturated heterocycles. The monoisotopic (exact) mass is 351 g/mol. The van der Waals surface area contributed by atoms with Crippen molar-refractivity contribution in [2.45, 2.75) is 0 Å². The molecule has 26 heavy (non-hydrogen) atoms. The van der Waals surface area contributed by atoms with Gasteiger partial charge in [-0.05, 0) is 12.1 Å². The van der Waals surface area contributed by atoms with Gasteiger partial charge in [0.05, 0.1) is 16.7 Å². The topological polar surface area (TPSA) is 156 Å². The normalized spacial score (nSPS) is 11.9. The summed E-state index contributed by atoms with van der Waals surface area (Å²) in [5.74, 6) is -0.176. The van der Waals surface area contributed by atoms with Crippen molar-refractivity contribution < 1.29 is 10.1 Å². The Kier molecular flexibility index (Phi) is 4.39. The standard InChI is InChI=1S/C16H13N7O3/c17-15(21-19-9-10-4-3-5-11(8-10)23(25)26)14-16(18)22(24)13-7-2-1-6-12(13)20-14/h1-9,18,24H,(H2,17,21)/b18-16?,19-9+. The van der Waals surface area contributed by atoms with E-state index in [0.717, 1.165) is 0 Å². The number of hydrogen-bond acceptors (Lipinski definition) is 7. The number of nitrogens with two attached hydrogens (primary N) is 1. The van der Waals surface area contributed by atoms with Crippen molar-refractivity contribution in [1.29, 1.82) is 5.41 Å². The van der Waals surface area contributed by atoms with Gasteiger partial charge in [0, 0.05) is 17.7 Å². The maximum atomic E-state index is 10.8. The molecular weight excluding hydrogens is 338 g/mol. The Bertz CT molecular complexity index is 1120. The number of aromatic nitrogens is 2. The predicted octanol–water partition coefficient (Wildman–Crippen LogP) is 1.40. The van der Waals surface area contributed by atoms with Crippen molar-refractivity contribution in [3.05, 3.63) is 75.4 Å². The summed E-state index contributed by atoms with van der Waals surface area (Å²) in [6.45, 7) is 0. The van der Waals surface area contributed by atoms with Crippen molar-refractivity contribution in [2.24, 2.45) is 15.9 Å². The minimum Gasteiger partial charge on any atom is -0.426 e. The maximum absolute atomic E-state index is 10.8. The summed E-state index contributed by atoms with van der Waals surface area (Å²) < 4.78 is 0.657. The zero-order chi connectivity index (χ0) is 18.7. The molecule has 0 aliphatic heterocycles. The molecule has 4 N–H and O–H groups in total. The van der Waals surface area contributed by atoms with Crippen molar-refractivity contribution in [2.75, 3.05) is 0 Å². The van der Waals surface area contributed by atoms with Crippen LogP contribution in [0, 0.1) is 15.5 Å². The average molecular weight is 351 g/mol.